The van der Waals surface area contributed by atoms with Crippen LogP contribution in [0.3, 0.4) is 0 Å². The highest BCUT2D eigenvalue weighted by Gasteiger charge is 2.14. The van der Waals surface area contributed by atoms with E-state index in [0.29, 0.717) is 33.6 Å². The average molecular weight is 454 g/mol. The van der Waals surface area contributed by atoms with Crippen molar-refractivity contribution in [1.82, 2.24) is 15.3 Å². The Bertz CT molecular complexity index is 1200. The molecule has 0 aliphatic rings. The molecule has 31 heavy (non-hydrogen) atoms. The van der Waals surface area contributed by atoms with Gasteiger partial charge in [-0.1, -0.05) is 23.7 Å². The Hall–Kier alpha value is -3.29. The van der Waals surface area contributed by atoms with Crippen LogP contribution in [0.2, 0.25) is 5.02 Å². The lowest BCUT2D eigenvalue weighted by Gasteiger charge is -2.08. The largest absolute Gasteiger partial charge is 0.489 e. The van der Waals surface area contributed by atoms with E-state index in [2.05, 4.69) is 15.3 Å². The molecule has 1 N–H and O–H groups in total. The molecule has 2 aromatic carbocycles. The molecule has 2 aromatic heterocycles. The number of hydrogen-bond acceptors (Lipinski definition) is 5. The summed E-state index contributed by atoms with van der Waals surface area (Å²) in [6.45, 7) is 0.624. The van der Waals surface area contributed by atoms with Gasteiger partial charge in [0.2, 0.25) is 0 Å². The van der Waals surface area contributed by atoms with E-state index >= 15 is 0 Å². The van der Waals surface area contributed by atoms with Crippen molar-refractivity contribution in [3.63, 3.8) is 0 Å². The molecule has 4 rings (SSSR count). The molecule has 2 heterocycles. The molecule has 0 bridgehead atoms. The van der Waals surface area contributed by atoms with E-state index in [1.54, 1.807) is 48.1 Å². The SMILES string of the molecule is O=C(NCc1ccncc1)c1csc(-c2ccc(OCc3cccc(F)c3)cc2Cl)n1. The van der Waals surface area contributed by atoms with Crippen LogP contribution >= 0.6 is 22.9 Å². The first-order chi connectivity index (χ1) is 15.1. The zero-order valence-corrected chi connectivity index (χ0v) is 17.8. The summed E-state index contributed by atoms with van der Waals surface area (Å²) in [7, 11) is 0. The summed E-state index contributed by atoms with van der Waals surface area (Å²) in [6, 6.07) is 15.2. The van der Waals surface area contributed by atoms with E-state index in [-0.39, 0.29) is 18.3 Å². The minimum absolute atomic E-state index is 0.229. The van der Waals surface area contributed by atoms with Gasteiger partial charge in [0.05, 0.1) is 5.02 Å². The van der Waals surface area contributed by atoms with Crippen molar-refractivity contribution in [2.45, 2.75) is 13.2 Å². The Kier molecular flexibility index (Phi) is 6.54. The molecule has 0 spiro atoms. The molecule has 0 unspecified atom stereocenters. The maximum absolute atomic E-state index is 13.3. The lowest BCUT2D eigenvalue weighted by Crippen LogP contribution is -2.23. The van der Waals surface area contributed by atoms with Crippen LogP contribution in [0.25, 0.3) is 10.6 Å². The molecule has 1 amide bonds. The van der Waals surface area contributed by atoms with Crippen LogP contribution in [0, 0.1) is 5.82 Å². The highest BCUT2D eigenvalue weighted by Crippen LogP contribution is 2.33. The number of aromatic nitrogens is 2. The number of halogens is 2. The van der Waals surface area contributed by atoms with Crippen LogP contribution in [-0.2, 0) is 13.2 Å². The summed E-state index contributed by atoms with van der Waals surface area (Å²) in [5.41, 5.74) is 2.72. The molecule has 0 radical (unpaired) electrons. The molecule has 0 saturated heterocycles. The molecule has 8 heteroatoms. The van der Waals surface area contributed by atoms with Crippen LogP contribution in [0.5, 0.6) is 5.75 Å². The summed E-state index contributed by atoms with van der Waals surface area (Å²) in [6.07, 6.45) is 3.35. The van der Waals surface area contributed by atoms with Gasteiger partial charge in [0, 0.05) is 29.9 Å². The third-order valence-electron chi connectivity index (χ3n) is 4.40. The van der Waals surface area contributed by atoms with Crippen molar-refractivity contribution in [1.29, 1.82) is 0 Å². The van der Waals surface area contributed by atoms with Crippen molar-refractivity contribution < 1.29 is 13.9 Å². The second-order valence-electron chi connectivity index (χ2n) is 6.64. The van der Waals surface area contributed by atoms with Gasteiger partial charge in [-0.05, 0) is 53.6 Å². The highest BCUT2D eigenvalue weighted by molar-refractivity contribution is 7.13. The number of carbonyl (C=O) groups excluding carboxylic acids is 1. The van der Waals surface area contributed by atoms with Crippen LogP contribution < -0.4 is 10.1 Å². The van der Waals surface area contributed by atoms with Crippen molar-refractivity contribution >= 4 is 28.8 Å². The monoisotopic (exact) mass is 453 g/mol. The van der Waals surface area contributed by atoms with Gasteiger partial charge in [-0.3, -0.25) is 9.78 Å². The summed E-state index contributed by atoms with van der Waals surface area (Å²) < 4.78 is 19.0. The fourth-order valence-electron chi connectivity index (χ4n) is 2.83. The maximum atomic E-state index is 13.3. The molecule has 0 atom stereocenters. The number of benzene rings is 2. The van der Waals surface area contributed by atoms with Gasteiger partial charge in [-0.15, -0.1) is 11.3 Å². The molecule has 0 fully saturated rings. The minimum atomic E-state index is -0.307. The summed E-state index contributed by atoms with van der Waals surface area (Å²) in [5.74, 6) is -0.00534. The van der Waals surface area contributed by atoms with E-state index in [9.17, 15) is 9.18 Å². The third kappa shape index (κ3) is 5.45. The average Bonchev–Trinajstić information content (AvgIpc) is 3.27. The molecule has 0 aliphatic heterocycles. The quantitative estimate of drug-likeness (QED) is 0.401. The van der Waals surface area contributed by atoms with Crippen molar-refractivity contribution in [3.8, 4) is 16.3 Å². The predicted octanol–water partition coefficient (Wildman–Crippen LogP) is 5.51. The first kappa shape index (κ1) is 21.0. The van der Waals surface area contributed by atoms with E-state index in [4.69, 9.17) is 16.3 Å². The predicted molar refractivity (Wildman–Crippen MR) is 119 cm³/mol. The zero-order chi connectivity index (χ0) is 21.6. The standard InChI is InChI=1S/C23H17ClFN3O2S/c24-20-11-18(30-13-16-2-1-3-17(25)10-16)4-5-19(20)23-28-21(14-31-23)22(29)27-12-15-6-8-26-9-7-15/h1-11,14H,12-13H2,(H,27,29). The molecule has 4 aromatic rings. The summed E-state index contributed by atoms with van der Waals surface area (Å²) in [5, 5.41) is 5.62. The van der Waals surface area contributed by atoms with Gasteiger partial charge in [0.1, 0.15) is 28.9 Å². The Morgan fingerprint density at radius 1 is 1.10 bits per heavy atom. The van der Waals surface area contributed by atoms with Gasteiger partial charge in [-0.25, -0.2) is 9.37 Å². The van der Waals surface area contributed by atoms with Crippen LogP contribution in [0.15, 0.2) is 72.4 Å². The normalized spacial score (nSPS) is 10.6. The van der Waals surface area contributed by atoms with Gasteiger partial charge in [-0.2, -0.15) is 0 Å². The lowest BCUT2D eigenvalue weighted by atomic mass is 10.2. The van der Waals surface area contributed by atoms with Gasteiger partial charge in [0.25, 0.3) is 5.91 Å². The number of nitrogens with zero attached hydrogens (tertiary/aromatic N) is 2. The molecule has 0 aliphatic carbocycles. The topological polar surface area (TPSA) is 64.1 Å². The summed E-state index contributed by atoms with van der Waals surface area (Å²) >= 11 is 7.76. The van der Waals surface area contributed by atoms with Crippen LogP contribution in [-0.4, -0.2) is 15.9 Å². The third-order valence-corrected chi connectivity index (χ3v) is 5.59. The number of rotatable bonds is 7. The Labute approximate surface area is 187 Å². The van der Waals surface area contributed by atoms with E-state index in [1.807, 2.05) is 12.1 Å². The van der Waals surface area contributed by atoms with Crippen molar-refractivity contribution in [2.24, 2.45) is 0 Å². The molecule has 0 saturated carbocycles. The first-order valence-corrected chi connectivity index (χ1v) is 10.6. The number of thiazole rings is 1. The number of nitrogens with one attached hydrogen (secondary N) is 1. The highest BCUT2D eigenvalue weighted by atomic mass is 35.5. The minimum Gasteiger partial charge on any atom is -0.489 e. The fourth-order valence-corrected chi connectivity index (χ4v) is 3.98. The lowest BCUT2D eigenvalue weighted by molar-refractivity contribution is 0.0946. The molecule has 5 nitrogen and oxygen atoms in total. The molecular formula is C23H17ClFN3O2S. The maximum Gasteiger partial charge on any atom is 0.271 e. The number of hydrogen-bond donors (Lipinski definition) is 1. The Morgan fingerprint density at radius 3 is 2.71 bits per heavy atom. The van der Waals surface area contributed by atoms with E-state index < -0.39 is 0 Å². The number of carbonyl (C=O) groups is 1. The molecular weight excluding hydrogens is 437 g/mol. The van der Waals surface area contributed by atoms with Crippen LogP contribution in [0.4, 0.5) is 4.39 Å². The number of ether oxygens (including phenoxy) is 1. The second-order valence-corrected chi connectivity index (χ2v) is 7.90. The molecule has 156 valence electrons. The van der Waals surface area contributed by atoms with E-state index in [1.165, 1.54) is 23.5 Å². The van der Waals surface area contributed by atoms with E-state index in [0.717, 1.165) is 11.1 Å². The number of amides is 1. The smallest absolute Gasteiger partial charge is 0.271 e. The summed E-state index contributed by atoms with van der Waals surface area (Å²) in [4.78, 5) is 20.7. The second kappa shape index (κ2) is 9.68. The van der Waals surface area contributed by atoms with Gasteiger partial charge < -0.3 is 10.1 Å². The Balaban J connectivity index is 1.40. The van der Waals surface area contributed by atoms with Gasteiger partial charge >= 0.3 is 0 Å². The number of pyridine rings is 1. The van der Waals surface area contributed by atoms with Crippen molar-refractivity contribution in [2.75, 3.05) is 0 Å². The zero-order valence-electron chi connectivity index (χ0n) is 16.2. The first-order valence-electron chi connectivity index (χ1n) is 9.38. The van der Waals surface area contributed by atoms with Crippen molar-refractivity contribution in [3.05, 3.63) is 100 Å². The van der Waals surface area contributed by atoms with Gasteiger partial charge in [0.15, 0.2) is 0 Å². The van der Waals surface area contributed by atoms with Crippen LogP contribution in [0.1, 0.15) is 21.6 Å². The fraction of sp³-hybridized carbons (Fsp3) is 0.0870. The Morgan fingerprint density at radius 2 is 1.94 bits per heavy atom.